The Morgan fingerprint density at radius 2 is 1.74 bits per heavy atom. The number of piperidine rings is 1. The van der Waals surface area contributed by atoms with E-state index >= 15 is 0 Å². The molecule has 0 unspecified atom stereocenters. The number of hydrogen-bond donors (Lipinski definition) is 0. The third-order valence-electron chi connectivity index (χ3n) is 6.27. The molecule has 2 aliphatic heterocycles. The minimum absolute atomic E-state index is 0.0540. The molecular weight excluding hydrogens is 395 g/mol. The van der Waals surface area contributed by atoms with Gasteiger partial charge >= 0.3 is 0 Å². The van der Waals surface area contributed by atoms with Gasteiger partial charge in [0.05, 0.1) is 0 Å². The van der Waals surface area contributed by atoms with Gasteiger partial charge in [-0.3, -0.25) is 9.59 Å². The number of hydrogen-bond acceptors (Lipinski definition) is 4. The highest BCUT2D eigenvalue weighted by molar-refractivity contribution is 5.94. The zero-order chi connectivity index (χ0) is 21.6. The number of carbonyl (C=O) groups is 2. The summed E-state index contributed by atoms with van der Waals surface area (Å²) in [6.07, 6.45) is 5.09. The van der Waals surface area contributed by atoms with Crippen molar-refractivity contribution in [3.63, 3.8) is 0 Å². The summed E-state index contributed by atoms with van der Waals surface area (Å²) >= 11 is 0. The number of pyridine rings is 1. The summed E-state index contributed by atoms with van der Waals surface area (Å²) in [5, 5.41) is 0. The van der Waals surface area contributed by atoms with E-state index in [1.807, 2.05) is 28.0 Å². The molecule has 0 radical (unpaired) electrons. The molecule has 6 nitrogen and oxygen atoms in total. The van der Waals surface area contributed by atoms with Crippen molar-refractivity contribution >= 4 is 17.6 Å². The number of rotatable bonds is 5. The predicted molar refractivity (Wildman–Crippen MR) is 117 cm³/mol. The van der Waals surface area contributed by atoms with E-state index in [-0.39, 0.29) is 17.6 Å². The number of aromatic nitrogens is 1. The quantitative estimate of drug-likeness (QED) is 0.740. The minimum atomic E-state index is -0.340. The van der Waals surface area contributed by atoms with E-state index in [0.29, 0.717) is 24.4 Å². The summed E-state index contributed by atoms with van der Waals surface area (Å²) < 4.78 is 13.1. The second-order valence-electron chi connectivity index (χ2n) is 8.36. The van der Waals surface area contributed by atoms with Crippen molar-refractivity contribution in [1.29, 1.82) is 0 Å². The van der Waals surface area contributed by atoms with Crippen LogP contribution in [0, 0.1) is 11.7 Å². The van der Waals surface area contributed by atoms with Gasteiger partial charge in [-0.25, -0.2) is 9.37 Å². The topological polar surface area (TPSA) is 56.8 Å². The summed E-state index contributed by atoms with van der Waals surface area (Å²) in [4.78, 5) is 35.8. The number of anilines is 1. The molecule has 1 aromatic heterocycles. The number of piperazine rings is 1. The van der Waals surface area contributed by atoms with Crippen LogP contribution in [0.5, 0.6) is 0 Å². The third kappa shape index (κ3) is 5.40. The number of halogens is 1. The van der Waals surface area contributed by atoms with E-state index in [9.17, 15) is 14.0 Å². The van der Waals surface area contributed by atoms with E-state index in [2.05, 4.69) is 9.88 Å². The van der Waals surface area contributed by atoms with Crippen LogP contribution in [0.15, 0.2) is 48.7 Å². The van der Waals surface area contributed by atoms with Crippen LogP contribution in [-0.2, 0) is 4.79 Å². The van der Waals surface area contributed by atoms with E-state index < -0.39 is 0 Å². The molecule has 4 rings (SSSR count). The van der Waals surface area contributed by atoms with Gasteiger partial charge in [0.2, 0.25) is 5.91 Å². The maximum Gasteiger partial charge on any atom is 0.253 e. The van der Waals surface area contributed by atoms with Crippen molar-refractivity contribution in [2.24, 2.45) is 5.92 Å². The Morgan fingerprint density at radius 3 is 2.45 bits per heavy atom. The molecule has 2 fully saturated rings. The van der Waals surface area contributed by atoms with E-state index in [1.54, 1.807) is 6.20 Å². The normalized spacial score (nSPS) is 19.4. The van der Waals surface area contributed by atoms with Crippen molar-refractivity contribution in [3.8, 4) is 0 Å². The van der Waals surface area contributed by atoms with Crippen LogP contribution in [0.2, 0.25) is 0 Å². The standard InChI is InChI=1S/C24H29FN4O2/c25-21-9-7-20(8-10-21)24(31)29-13-3-4-19(18-29)6-11-23(30)28-16-14-27(15-17-28)22-5-1-2-12-26-22/h1-2,5,7-10,12,19H,3-4,6,11,13-18H2/t19-/m1/s1. The highest BCUT2D eigenvalue weighted by atomic mass is 19.1. The maximum absolute atomic E-state index is 13.1. The summed E-state index contributed by atoms with van der Waals surface area (Å²) in [6.45, 7) is 4.41. The first kappa shape index (κ1) is 21.3. The predicted octanol–water partition coefficient (Wildman–Crippen LogP) is 3.20. The molecule has 31 heavy (non-hydrogen) atoms. The van der Waals surface area contributed by atoms with Crippen LogP contribution >= 0.6 is 0 Å². The lowest BCUT2D eigenvalue weighted by Crippen LogP contribution is -2.49. The number of nitrogens with zero attached hydrogens (tertiary/aromatic N) is 4. The molecule has 1 atom stereocenters. The largest absolute Gasteiger partial charge is 0.353 e. The Morgan fingerprint density at radius 1 is 0.968 bits per heavy atom. The first-order valence-corrected chi connectivity index (χ1v) is 11.1. The molecule has 2 aliphatic rings. The molecular formula is C24H29FN4O2. The molecule has 7 heteroatoms. The molecule has 2 aromatic rings. The Hall–Kier alpha value is -2.96. The van der Waals surface area contributed by atoms with Crippen LogP contribution in [0.4, 0.5) is 10.2 Å². The Labute approximate surface area is 182 Å². The fourth-order valence-electron chi connectivity index (χ4n) is 4.47. The van der Waals surface area contributed by atoms with Crippen LogP contribution in [0.25, 0.3) is 0 Å². The smallest absolute Gasteiger partial charge is 0.253 e. The monoisotopic (exact) mass is 424 g/mol. The zero-order valence-electron chi connectivity index (χ0n) is 17.8. The van der Waals surface area contributed by atoms with Gasteiger partial charge in [-0.05, 0) is 61.6 Å². The van der Waals surface area contributed by atoms with Gasteiger partial charge in [0.1, 0.15) is 11.6 Å². The lowest BCUT2D eigenvalue weighted by molar-refractivity contribution is -0.131. The van der Waals surface area contributed by atoms with Gasteiger partial charge in [-0.15, -0.1) is 0 Å². The van der Waals surface area contributed by atoms with Crippen molar-refractivity contribution in [3.05, 3.63) is 60.0 Å². The Kier molecular flexibility index (Phi) is 6.79. The molecule has 2 amide bonds. The summed E-state index contributed by atoms with van der Waals surface area (Å²) in [5.41, 5.74) is 0.518. The first-order valence-electron chi connectivity index (χ1n) is 11.1. The second-order valence-corrected chi connectivity index (χ2v) is 8.36. The number of benzene rings is 1. The zero-order valence-corrected chi connectivity index (χ0v) is 17.8. The van der Waals surface area contributed by atoms with Crippen LogP contribution in [0.3, 0.4) is 0 Å². The van der Waals surface area contributed by atoms with Gasteiger partial charge in [0.25, 0.3) is 5.91 Å². The molecule has 0 spiro atoms. The fraction of sp³-hybridized carbons (Fsp3) is 0.458. The average molecular weight is 425 g/mol. The lowest BCUT2D eigenvalue weighted by atomic mass is 9.92. The lowest BCUT2D eigenvalue weighted by Gasteiger charge is -2.36. The first-order chi connectivity index (χ1) is 15.1. The average Bonchev–Trinajstić information content (AvgIpc) is 2.83. The van der Waals surface area contributed by atoms with Crippen LogP contribution in [0.1, 0.15) is 36.0 Å². The number of likely N-dealkylation sites (tertiary alicyclic amines) is 1. The Bertz CT molecular complexity index is 882. The summed E-state index contributed by atoms with van der Waals surface area (Å²) in [7, 11) is 0. The number of amides is 2. The van der Waals surface area contributed by atoms with E-state index in [1.165, 1.54) is 24.3 Å². The maximum atomic E-state index is 13.1. The third-order valence-corrected chi connectivity index (χ3v) is 6.27. The molecule has 3 heterocycles. The van der Waals surface area contributed by atoms with Gasteiger partial charge in [0, 0.05) is 57.4 Å². The summed E-state index contributed by atoms with van der Waals surface area (Å²) in [5.74, 6) is 1.09. The van der Waals surface area contributed by atoms with Gasteiger partial charge < -0.3 is 14.7 Å². The van der Waals surface area contributed by atoms with Gasteiger partial charge in [-0.2, -0.15) is 0 Å². The number of carbonyl (C=O) groups excluding carboxylic acids is 2. The Balaban J connectivity index is 1.23. The van der Waals surface area contributed by atoms with Crippen molar-refractivity contribution in [1.82, 2.24) is 14.8 Å². The van der Waals surface area contributed by atoms with E-state index in [0.717, 1.165) is 57.8 Å². The van der Waals surface area contributed by atoms with E-state index in [4.69, 9.17) is 0 Å². The molecule has 164 valence electrons. The van der Waals surface area contributed by atoms with Gasteiger partial charge in [-0.1, -0.05) is 6.07 Å². The molecule has 0 saturated carbocycles. The second kappa shape index (κ2) is 9.90. The molecule has 0 N–H and O–H groups in total. The molecule has 0 aliphatic carbocycles. The fourth-order valence-corrected chi connectivity index (χ4v) is 4.47. The van der Waals surface area contributed by atoms with Crippen molar-refractivity contribution < 1.29 is 14.0 Å². The van der Waals surface area contributed by atoms with Crippen molar-refractivity contribution in [2.75, 3.05) is 44.2 Å². The molecule has 2 saturated heterocycles. The highest BCUT2D eigenvalue weighted by Gasteiger charge is 2.27. The molecule has 1 aromatic carbocycles. The van der Waals surface area contributed by atoms with Crippen molar-refractivity contribution in [2.45, 2.75) is 25.7 Å². The highest BCUT2D eigenvalue weighted by Crippen LogP contribution is 2.23. The SMILES string of the molecule is O=C(CC[C@H]1CCCN(C(=O)c2ccc(F)cc2)C1)N1CCN(c2ccccn2)CC1. The van der Waals surface area contributed by atoms with Crippen LogP contribution in [-0.4, -0.2) is 65.9 Å². The molecule has 0 bridgehead atoms. The van der Waals surface area contributed by atoms with Crippen LogP contribution < -0.4 is 4.90 Å². The summed E-state index contributed by atoms with van der Waals surface area (Å²) in [6, 6.07) is 11.6. The minimum Gasteiger partial charge on any atom is -0.353 e. The van der Waals surface area contributed by atoms with Gasteiger partial charge in [0.15, 0.2) is 0 Å².